The van der Waals surface area contributed by atoms with E-state index in [1.54, 1.807) is 35.2 Å². The van der Waals surface area contributed by atoms with Gasteiger partial charge in [0.1, 0.15) is 6.04 Å². The second-order valence-electron chi connectivity index (χ2n) is 11.4. The van der Waals surface area contributed by atoms with E-state index in [9.17, 15) is 18.0 Å². The van der Waals surface area contributed by atoms with Crippen LogP contribution < -0.4 is 9.62 Å². The summed E-state index contributed by atoms with van der Waals surface area (Å²) in [6.45, 7) is 2.28. The lowest BCUT2D eigenvalue weighted by Crippen LogP contribution is -2.52. The number of halogens is 2. The molecule has 0 aromatic heterocycles. The van der Waals surface area contributed by atoms with Gasteiger partial charge in [0.05, 0.1) is 11.9 Å². The summed E-state index contributed by atoms with van der Waals surface area (Å²) in [5.74, 6) is -0.457. The molecule has 0 spiro atoms. The molecule has 0 heterocycles. The number of carbonyl (C=O) groups excluding carboxylic acids is 2. The minimum absolute atomic E-state index is 0.0479. The minimum atomic E-state index is -3.58. The van der Waals surface area contributed by atoms with Crippen molar-refractivity contribution in [2.45, 2.75) is 76.9 Å². The van der Waals surface area contributed by atoms with Crippen LogP contribution in [0.5, 0.6) is 0 Å². The Bertz CT molecular complexity index is 1510. The molecule has 0 radical (unpaired) electrons. The average molecular weight is 659 g/mol. The molecular weight excluding hydrogens is 617 g/mol. The average Bonchev–Trinajstić information content (AvgIpc) is 3.51. The summed E-state index contributed by atoms with van der Waals surface area (Å²) in [4.78, 5) is 29.5. The Morgan fingerprint density at radius 2 is 1.64 bits per heavy atom. The maximum Gasteiger partial charge on any atom is 0.243 e. The molecule has 236 valence electrons. The molecule has 4 rings (SSSR count). The van der Waals surface area contributed by atoms with Gasteiger partial charge in [-0.25, -0.2) is 8.42 Å². The number of hydrogen-bond acceptors (Lipinski definition) is 4. The highest BCUT2D eigenvalue weighted by atomic mass is 35.5. The zero-order valence-electron chi connectivity index (χ0n) is 25.3. The number of aryl methyl sites for hydroxylation is 1. The highest BCUT2D eigenvalue weighted by Crippen LogP contribution is 2.26. The number of hydrogen-bond donors (Lipinski definition) is 1. The molecular formula is C34H41Cl2N3O4S. The van der Waals surface area contributed by atoms with Crippen LogP contribution >= 0.6 is 23.2 Å². The fraction of sp³-hybridized carbons (Fsp3) is 0.412. The van der Waals surface area contributed by atoms with Crippen LogP contribution in [-0.4, -0.2) is 50.0 Å². The first-order chi connectivity index (χ1) is 21.0. The van der Waals surface area contributed by atoms with Crippen LogP contribution in [0.15, 0.2) is 72.8 Å². The molecule has 1 aliphatic carbocycles. The zero-order chi connectivity index (χ0) is 31.7. The van der Waals surface area contributed by atoms with E-state index in [-0.39, 0.29) is 43.8 Å². The zero-order valence-corrected chi connectivity index (χ0v) is 27.7. The number of carbonyl (C=O) groups is 2. The van der Waals surface area contributed by atoms with Crippen molar-refractivity contribution in [2.24, 2.45) is 0 Å². The second-order valence-corrected chi connectivity index (χ2v) is 14.2. The fourth-order valence-electron chi connectivity index (χ4n) is 5.66. The molecule has 2 amide bonds. The molecule has 1 saturated carbocycles. The van der Waals surface area contributed by atoms with Gasteiger partial charge in [-0.05, 0) is 66.6 Å². The van der Waals surface area contributed by atoms with E-state index in [0.29, 0.717) is 27.7 Å². The van der Waals surface area contributed by atoms with E-state index in [0.717, 1.165) is 43.2 Å². The molecule has 3 aromatic rings. The SMILES string of the molecule is CCc1ccc(N(CCCC(=O)N(Cc2ccc(Cl)cc2Cl)C(Cc2ccccc2)C(=O)NC2CCCC2)S(C)(=O)=O)cc1. The van der Waals surface area contributed by atoms with Gasteiger partial charge in [0.2, 0.25) is 21.8 Å². The van der Waals surface area contributed by atoms with Crippen LogP contribution in [0.1, 0.15) is 62.1 Å². The maximum atomic E-state index is 14.1. The van der Waals surface area contributed by atoms with Gasteiger partial charge in [0.15, 0.2) is 0 Å². The van der Waals surface area contributed by atoms with E-state index in [2.05, 4.69) is 5.32 Å². The van der Waals surface area contributed by atoms with Crippen molar-refractivity contribution in [2.75, 3.05) is 17.1 Å². The monoisotopic (exact) mass is 657 g/mol. The van der Waals surface area contributed by atoms with Crippen LogP contribution in [0.4, 0.5) is 5.69 Å². The second kappa shape index (κ2) is 15.8. The molecule has 0 saturated heterocycles. The molecule has 1 aliphatic rings. The van der Waals surface area contributed by atoms with Crippen molar-refractivity contribution in [3.05, 3.63) is 99.5 Å². The molecule has 3 aromatic carbocycles. The molecule has 0 aliphatic heterocycles. The third-order valence-electron chi connectivity index (χ3n) is 8.11. The van der Waals surface area contributed by atoms with Crippen molar-refractivity contribution < 1.29 is 18.0 Å². The number of rotatable bonds is 14. The first kappa shape index (κ1) is 33.8. The normalized spacial score (nSPS) is 14.3. The number of nitrogens with one attached hydrogen (secondary N) is 1. The van der Waals surface area contributed by atoms with E-state index in [4.69, 9.17) is 23.2 Å². The summed E-state index contributed by atoms with van der Waals surface area (Å²) >= 11 is 12.7. The summed E-state index contributed by atoms with van der Waals surface area (Å²) in [7, 11) is -3.58. The van der Waals surface area contributed by atoms with Gasteiger partial charge in [-0.15, -0.1) is 0 Å². The first-order valence-electron chi connectivity index (χ1n) is 15.2. The Balaban J connectivity index is 1.60. The summed E-state index contributed by atoms with van der Waals surface area (Å²) in [5.41, 5.74) is 3.26. The largest absolute Gasteiger partial charge is 0.352 e. The molecule has 10 heteroatoms. The summed E-state index contributed by atoms with van der Waals surface area (Å²) < 4.78 is 26.8. The third-order valence-corrected chi connectivity index (χ3v) is 9.89. The van der Waals surface area contributed by atoms with Crippen molar-refractivity contribution in [1.82, 2.24) is 10.2 Å². The number of amides is 2. The number of anilines is 1. The summed E-state index contributed by atoms with van der Waals surface area (Å²) in [6.07, 6.45) is 6.63. The van der Waals surface area contributed by atoms with Crippen LogP contribution in [-0.2, 0) is 39.0 Å². The Morgan fingerprint density at radius 3 is 2.25 bits per heavy atom. The molecule has 1 N–H and O–H groups in total. The lowest BCUT2D eigenvalue weighted by atomic mass is 10.0. The van der Waals surface area contributed by atoms with Gasteiger partial charge in [0, 0.05) is 42.0 Å². The smallest absolute Gasteiger partial charge is 0.243 e. The number of sulfonamides is 1. The predicted molar refractivity (Wildman–Crippen MR) is 179 cm³/mol. The predicted octanol–water partition coefficient (Wildman–Crippen LogP) is 6.80. The minimum Gasteiger partial charge on any atom is -0.352 e. The summed E-state index contributed by atoms with van der Waals surface area (Å²) in [5, 5.41) is 4.08. The molecule has 1 unspecified atom stereocenters. The number of benzene rings is 3. The molecule has 7 nitrogen and oxygen atoms in total. The molecule has 0 bridgehead atoms. The summed E-state index contributed by atoms with van der Waals surface area (Å²) in [6, 6.07) is 21.4. The Labute approximate surface area is 271 Å². The molecule has 1 atom stereocenters. The van der Waals surface area contributed by atoms with E-state index >= 15 is 0 Å². The van der Waals surface area contributed by atoms with Crippen molar-refractivity contribution in [3.63, 3.8) is 0 Å². The van der Waals surface area contributed by atoms with Crippen LogP contribution in [0, 0.1) is 0 Å². The van der Waals surface area contributed by atoms with Gasteiger partial charge < -0.3 is 10.2 Å². The Morgan fingerprint density at radius 1 is 0.955 bits per heavy atom. The lowest BCUT2D eigenvalue weighted by Gasteiger charge is -2.33. The van der Waals surface area contributed by atoms with Crippen molar-refractivity contribution in [1.29, 1.82) is 0 Å². The number of nitrogens with zero attached hydrogens (tertiary/aromatic N) is 2. The van der Waals surface area contributed by atoms with Gasteiger partial charge in [-0.3, -0.25) is 13.9 Å². The van der Waals surface area contributed by atoms with Gasteiger partial charge in [-0.1, -0.05) is 91.5 Å². The highest BCUT2D eigenvalue weighted by Gasteiger charge is 2.32. The van der Waals surface area contributed by atoms with E-state index in [1.807, 2.05) is 49.4 Å². The van der Waals surface area contributed by atoms with E-state index < -0.39 is 16.1 Å². The van der Waals surface area contributed by atoms with Gasteiger partial charge in [-0.2, -0.15) is 0 Å². The quantitative estimate of drug-likeness (QED) is 0.207. The first-order valence-corrected chi connectivity index (χ1v) is 17.8. The van der Waals surface area contributed by atoms with Crippen LogP contribution in [0.2, 0.25) is 10.0 Å². The maximum absolute atomic E-state index is 14.1. The standard InChI is InChI=1S/C34H41Cl2N3O4S/c1-3-25-15-19-30(20-16-25)39(44(2,42)43)21-9-14-33(40)38(24-27-17-18-28(35)23-31(27)36)32(22-26-10-5-4-6-11-26)34(41)37-29-12-7-8-13-29/h4-6,10-11,15-20,23,29,32H,3,7-9,12-14,21-22,24H2,1-2H3,(H,37,41). The van der Waals surface area contributed by atoms with Crippen LogP contribution in [0.3, 0.4) is 0 Å². The fourth-order valence-corrected chi connectivity index (χ4v) is 7.09. The van der Waals surface area contributed by atoms with Gasteiger partial charge in [0.25, 0.3) is 0 Å². The Hall–Kier alpha value is -3.07. The van der Waals surface area contributed by atoms with Crippen LogP contribution in [0.25, 0.3) is 0 Å². The highest BCUT2D eigenvalue weighted by molar-refractivity contribution is 7.92. The Kier molecular flexibility index (Phi) is 12.1. The molecule has 44 heavy (non-hydrogen) atoms. The van der Waals surface area contributed by atoms with Crippen molar-refractivity contribution >= 4 is 50.7 Å². The lowest BCUT2D eigenvalue weighted by molar-refractivity contribution is -0.141. The van der Waals surface area contributed by atoms with E-state index in [1.165, 1.54) is 10.6 Å². The third kappa shape index (κ3) is 9.46. The topological polar surface area (TPSA) is 86.8 Å². The molecule has 1 fully saturated rings. The van der Waals surface area contributed by atoms with Crippen molar-refractivity contribution in [3.8, 4) is 0 Å². The van der Waals surface area contributed by atoms with Gasteiger partial charge >= 0.3 is 0 Å².